The van der Waals surface area contributed by atoms with Crippen LogP contribution in [0.5, 0.6) is 0 Å². The van der Waals surface area contributed by atoms with Gasteiger partial charge in [0, 0.05) is 12.6 Å². The second kappa shape index (κ2) is 6.12. The van der Waals surface area contributed by atoms with Gasteiger partial charge in [-0.2, -0.15) is 0 Å². The summed E-state index contributed by atoms with van der Waals surface area (Å²) in [5.41, 5.74) is 3.35. The number of imidazole rings is 1. The monoisotopic (exact) mass is 362 g/mol. The van der Waals surface area contributed by atoms with Crippen molar-refractivity contribution in [3.8, 4) is 11.5 Å². The number of carbonyl (C=O) groups excluding carboxylic acids is 1. The second-order valence-corrected chi connectivity index (χ2v) is 6.85. The third kappa shape index (κ3) is 2.71. The third-order valence-corrected chi connectivity index (χ3v) is 4.98. The molecule has 4 heterocycles. The van der Waals surface area contributed by atoms with E-state index in [0.717, 1.165) is 29.7 Å². The molecule has 1 aliphatic heterocycles. The summed E-state index contributed by atoms with van der Waals surface area (Å²) in [6, 6.07) is 11.2. The first kappa shape index (κ1) is 15.9. The van der Waals surface area contributed by atoms with Crippen LogP contribution in [0.25, 0.3) is 22.6 Å². The van der Waals surface area contributed by atoms with Gasteiger partial charge in [0.1, 0.15) is 5.82 Å². The highest BCUT2D eigenvalue weighted by molar-refractivity contribution is 5.93. The Labute approximate surface area is 155 Å². The number of likely N-dealkylation sites (tertiary alicyclic amines) is 1. The van der Waals surface area contributed by atoms with Crippen molar-refractivity contribution in [2.24, 2.45) is 0 Å². The number of rotatable bonds is 3. The first-order chi connectivity index (χ1) is 13.2. The van der Waals surface area contributed by atoms with Gasteiger partial charge < -0.3 is 18.8 Å². The number of nitrogens with one attached hydrogen (secondary N) is 1. The minimum atomic E-state index is -0.157. The van der Waals surface area contributed by atoms with E-state index in [1.807, 2.05) is 24.0 Å². The zero-order valence-corrected chi connectivity index (χ0v) is 14.8. The van der Waals surface area contributed by atoms with E-state index in [1.54, 1.807) is 24.5 Å². The second-order valence-electron chi connectivity index (χ2n) is 6.85. The molecule has 1 aliphatic rings. The van der Waals surface area contributed by atoms with Crippen molar-refractivity contribution in [2.45, 2.75) is 25.8 Å². The predicted molar refractivity (Wildman–Crippen MR) is 98.0 cm³/mol. The smallest absolute Gasteiger partial charge is 0.276 e. The average Bonchev–Trinajstić information content (AvgIpc) is 3.46. The highest BCUT2D eigenvalue weighted by Crippen LogP contribution is 2.33. The van der Waals surface area contributed by atoms with E-state index in [-0.39, 0.29) is 17.6 Å². The summed E-state index contributed by atoms with van der Waals surface area (Å²) < 4.78 is 10.6. The van der Waals surface area contributed by atoms with Crippen molar-refractivity contribution in [3.05, 3.63) is 59.7 Å². The summed E-state index contributed by atoms with van der Waals surface area (Å²) in [4.78, 5) is 22.9. The third-order valence-electron chi connectivity index (χ3n) is 4.98. The summed E-state index contributed by atoms with van der Waals surface area (Å²) in [6.07, 6.45) is 3.35. The van der Waals surface area contributed by atoms with Crippen LogP contribution in [0.2, 0.25) is 0 Å². The molecule has 5 rings (SSSR count). The van der Waals surface area contributed by atoms with Crippen molar-refractivity contribution in [3.63, 3.8) is 0 Å². The number of H-pyrrole nitrogens is 1. The number of carbonyl (C=O) groups is 1. The van der Waals surface area contributed by atoms with Crippen LogP contribution < -0.4 is 0 Å². The van der Waals surface area contributed by atoms with Gasteiger partial charge in [-0.25, -0.2) is 4.98 Å². The molecule has 0 radical (unpaired) electrons. The fourth-order valence-electron chi connectivity index (χ4n) is 3.65. The number of aromatic nitrogens is 3. The lowest BCUT2D eigenvalue weighted by Crippen LogP contribution is -2.31. The van der Waals surface area contributed by atoms with Crippen molar-refractivity contribution >= 4 is 16.9 Å². The number of fused-ring (bicyclic) bond motifs is 1. The Morgan fingerprint density at radius 2 is 2.19 bits per heavy atom. The molecule has 1 aromatic carbocycles. The van der Waals surface area contributed by atoms with E-state index >= 15 is 0 Å². The maximum Gasteiger partial charge on any atom is 0.276 e. The summed E-state index contributed by atoms with van der Waals surface area (Å²) in [5.74, 6) is 1.65. The van der Waals surface area contributed by atoms with Crippen molar-refractivity contribution in [1.29, 1.82) is 0 Å². The Bertz CT molecular complexity index is 1110. The molecular weight excluding hydrogens is 344 g/mol. The summed E-state index contributed by atoms with van der Waals surface area (Å²) >= 11 is 0. The van der Waals surface area contributed by atoms with Gasteiger partial charge in [-0.05, 0) is 49.6 Å². The van der Waals surface area contributed by atoms with E-state index in [0.29, 0.717) is 18.1 Å². The molecule has 1 N–H and O–H groups in total. The van der Waals surface area contributed by atoms with Gasteiger partial charge in [-0.15, -0.1) is 0 Å². The number of aryl methyl sites for hydroxylation is 1. The molecule has 7 heteroatoms. The SMILES string of the molecule is Cc1ccc2nc([C@H]3CCCN3C(=O)c3cc(-c4ccco4)on3)[nH]c2c1. The molecule has 0 bridgehead atoms. The van der Waals surface area contributed by atoms with Gasteiger partial charge in [0.2, 0.25) is 5.76 Å². The van der Waals surface area contributed by atoms with Crippen LogP contribution in [-0.4, -0.2) is 32.5 Å². The fourth-order valence-corrected chi connectivity index (χ4v) is 3.65. The molecular formula is C20H18N4O3. The predicted octanol–water partition coefficient (Wildman–Crippen LogP) is 4.10. The number of benzene rings is 1. The lowest BCUT2D eigenvalue weighted by molar-refractivity contribution is 0.0720. The van der Waals surface area contributed by atoms with E-state index in [9.17, 15) is 4.79 Å². The lowest BCUT2D eigenvalue weighted by atomic mass is 10.2. The van der Waals surface area contributed by atoms with Crippen LogP contribution in [0.1, 0.15) is 40.8 Å². The van der Waals surface area contributed by atoms with E-state index in [1.165, 1.54) is 5.56 Å². The maximum absolute atomic E-state index is 13.0. The van der Waals surface area contributed by atoms with Crippen molar-refractivity contribution in [2.75, 3.05) is 6.54 Å². The summed E-state index contributed by atoms with van der Waals surface area (Å²) in [6.45, 7) is 2.72. The number of nitrogens with zero attached hydrogens (tertiary/aromatic N) is 3. The molecule has 0 spiro atoms. The molecule has 3 aromatic heterocycles. The Morgan fingerprint density at radius 1 is 1.26 bits per heavy atom. The first-order valence-electron chi connectivity index (χ1n) is 8.97. The van der Waals surface area contributed by atoms with Crippen LogP contribution in [0, 0.1) is 6.92 Å². The molecule has 0 aliphatic carbocycles. The van der Waals surface area contributed by atoms with Gasteiger partial charge in [0.05, 0.1) is 23.3 Å². The molecule has 1 saturated heterocycles. The fraction of sp³-hybridized carbons (Fsp3) is 0.250. The average molecular weight is 362 g/mol. The zero-order chi connectivity index (χ0) is 18.4. The van der Waals surface area contributed by atoms with E-state index < -0.39 is 0 Å². The molecule has 0 unspecified atom stereocenters. The van der Waals surface area contributed by atoms with Crippen molar-refractivity contribution in [1.82, 2.24) is 20.0 Å². The number of aromatic amines is 1. The molecule has 7 nitrogen and oxygen atoms in total. The molecule has 27 heavy (non-hydrogen) atoms. The molecule has 1 atom stereocenters. The Kier molecular flexibility index (Phi) is 3.60. The standard InChI is InChI=1S/C20H18N4O3/c1-12-6-7-13-14(10-12)22-19(21-13)16-4-2-8-24(16)20(25)15-11-18(27-23-15)17-5-3-9-26-17/h3,5-7,9-11,16H,2,4,8H2,1H3,(H,21,22)/t16-/m1/s1. The highest BCUT2D eigenvalue weighted by Gasteiger charge is 2.34. The molecule has 136 valence electrons. The molecule has 1 fully saturated rings. The molecule has 0 saturated carbocycles. The van der Waals surface area contributed by atoms with E-state index in [2.05, 4.69) is 16.2 Å². The number of hydrogen-bond donors (Lipinski definition) is 1. The summed E-state index contributed by atoms with van der Waals surface area (Å²) in [5, 5.41) is 3.94. The number of furan rings is 1. The van der Waals surface area contributed by atoms with Gasteiger partial charge in [0.15, 0.2) is 11.5 Å². The van der Waals surface area contributed by atoms with Crippen LogP contribution >= 0.6 is 0 Å². The zero-order valence-electron chi connectivity index (χ0n) is 14.8. The molecule has 1 amide bonds. The van der Waals surface area contributed by atoms with Crippen LogP contribution in [0.15, 0.2) is 51.6 Å². The number of hydrogen-bond acceptors (Lipinski definition) is 5. The minimum Gasteiger partial charge on any atom is -0.461 e. The topological polar surface area (TPSA) is 88.2 Å². The Balaban J connectivity index is 1.44. The normalized spacial score (nSPS) is 17.1. The summed E-state index contributed by atoms with van der Waals surface area (Å²) in [7, 11) is 0. The lowest BCUT2D eigenvalue weighted by Gasteiger charge is -2.21. The first-order valence-corrected chi connectivity index (χ1v) is 8.97. The van der Waals surface area contributed by atoms with Gasteiger partial charge in [0.25, 0.3) is 5.91 Å². The largest absolute Gasteiger partial charge is 0.461 e. The Morgan fingerprint density at radius 3 is 3.04 bits per heavy atom. The van der Waals surface area contributed by atoms with E-state index in [4.69, 9.17) is 13.9 Å². The minimum absolute atomic E-state index is 0.0889. The van der Waals surface area contributed by atoms with Gasteiger partial charge >= 0.3 is 0 Å². The maximum atomic E-state index is 13.0. The van der Waals surface area contributed by atoms with Crippen LogP contribution in [0.4, 0.5) is 0 Å². The molecule has 4 aromatic rings. The van der Waals surface area contributed by atoms with Gasteiger partial charge in [-0.3, -0.25) is 4.79 Å². The van der Waals surface area contributed by atoms with Crippen molar-refractivity contribution < 1.29 is 13.7 Å². The van der Waals surface area contributed by atoms with Crippen LogP contribution in [0.3, 0.4) is 0 Å². The number of amides is 1. The van der Waals surface area contributed by atoms with Crippen LogP contribution in [-0.2, 0) is 0 Å². The quantitative estimate of drug-likeness (QED) is 0.593. The Hall–Kier alpha value is -3.35. The van der Waals surface area contributed by atoms with Gasteiger partial charge in [-0.1, -0.05) is 11.2 Å². The highest BCUT2D eigenvalue weighted by atomic mass is 16.5.